The number of nitrogens with one attached hydrogen (secondary N) is 2. The molecular weight excluding hydrogens is 326 g/mol. The lowest BCUT2D eigenvalue weighted by Crippen LogP contribution is -2.44. The molecule has 2 atom stereocenters. The zero-order valence-corrected chi connectivity index (χ0v) is 15.6. The molecule has 142 valence electrons. The largest absolute Gasteiger partial charge is 0.379 e. The quantitative estimate of drug-likeness (QED) is 0.849. The molecule has 2 heterocycles. The van der Waals surface area contributed by atoms with E-state index in [1.165, 1.54) is 24.8 Å². The molecule has 5 heteroatoms. The van der Waals surface area contributed by atoms with Crippen molar-refractivity contribution >= 4 is 11.6 Å². The molecule has 1 aromatic rings. The monoisotopic (exact) mass is 357 g/mol. The number of ether oxygens (including phenoxy) is 1. The first-order chi connectivity index (χ1) is 12.8. The molecule has 26 heavy (non-hydrogen) atoms. The summed E-state index contributed by atoms with van der Waals surface area (Å²) in [7, 11) is 0. The number of hydrogen-bond acceptors (Lipinski definition) is 4. The Hall–Kier alpha value is -1.43. The van der Waals surface area contributed by atoms with Crippen LogP contribution in [0.1, 0.15) is 31.2 Å². The van der Waals surface area contributed by atoms with E-state index in [0.717, 1.165) is 64.5 Å². The molecule has 3 fully saturated rings. The molecule has 1 aromatic carbocycles. The smallest absolute Gasteiger partial charge is 0.232 e. The number of carbonyl (C=O) groups excluding carboxylic acids is 1. The van der Waals surface area contributed by atoms with Gasteiger partial charge < -0.3 is 15.4 Å². The zero-order valence-electron chi connectivity index (χ0n) is 15.6. The predicted molar refractivity (Wildman–Crippen MR) is 103 cm³/mol. The highest BCUT2D eigenvalue weighted by atomic mass is 16.5. The Morgan fingerprint density at radius 1 is 1.23 bits per heavy atom. The van der Waals surface area contributed by atoms with Crippen molar-refractivity contribution in [3.05, 3.63) is 29.8 Å². The molecule has 1 aliphatic carbocycles. The Kier molecular flexibility index (Phi) is 5.57. The van der Waals surface area contributed by atoms with Crippen LogP contribution >= 0.6 is 0 Å². The van der Waals surface area contributed by atoms with Crippen LogP contribution in [0.5, 0.6) is 0 Å². The third-order valence-corrected chi connectivity index (χ3v) is 6.52. The normalized spacial score (nSPS) is 29.3. The van der Waals surface area contributed by atoms with Gasteiger partial charge in [0.2, 0.25) is 5.91 Å². The maximum absolute atomic E-state index is 13.0. The van der Waals surface area contributed by atoms with Crippen molar-refractivity contribution in [3.63, 3.8) is 0 Å². The van der Waals surface area contributed by atoms with Gasteiger partial charge in [0.05, 0.1) is 18.6 Å². The number of benzene rings is 1. The molecule has 3 aliphatic rings. The first-order valence-electron chi connectivity index (χ1n) is 10.2. The minimum absolute atomic E-state index is 0.187. The van der Waals surface area contributed by atoms with Crippen LogP contribution in [0, 0.1) is 11.3 Å². The standard InChI is InChI=1S/C21H31N3O2/c25-20(21-9-2-1-3-18(21)15-22-16-21)23-19-6-4-17(5-7-19)8-10-24-11-13-26-14-12-24/h4-7,18,22H,1-3,8-16H2,(H,23,25)/t18-,21+/m0/s1. The minimum Gasteiger partial charge on any atom is -0.379 e. The second-order valence-corrected chi connectivity index (χ2v) is 8.08. The number of anilines is 1. The van der Waals surface area contributed by atoms with E-state index in [1.54, 1.807) is 0 Å². The van der Waals surface area contributed by atoms with E-state index in [9.17, 15) is 4.79 Å². The lowest BCUT2D eigenvalue weighted by molar-refractivity contribution is -0.128. The maximum atomic E-state index is 13.0. The average Bonchev–Trinajstić information content (AvgIpc) is 3.14. The summed E-state index contributed by atoms with van der Waals surface area (Å²) in [5, 5.41) is 6.66. The van der Waals surface area contributed by atoms with Gasteiger partial charge in [0, 0.05) is 31.9 Å². The molecule has 0 aromatic heterocycles. The van der Waals surface area contributed by atoms with E-state index in [1.807, 2.05) is 0 Å². The van der Waals surface area contributed by atoms with E-state index in [-0.39, 0.29) is 11.3 Å². The minimum atomic E-state index is -0.187. The Balaban J connectivity index is 1.33. The summed E-state index contributed by atoms with van der Waals surface area (Å²) in [6.07, 6.45) is 5.69. The van der Waals surface area contributed by atoms with Crippen LogP contribution in [0.2, 0.25) is 0 Å². The number of amides is 1. The van der Waals surface area contributed by atoms with Gasteiger partial charge in [0.1, 0.15) is 0 Å². The summed E-state index contributed by atoms with van der Waals surface area (Å²) in [5.74, 6) is 0.720. The molecule has 0 bridgehead atoms. The van der Waals surface area contributed by atoms with E-state index >= 15 is 0 Å². The number of morpholine rings is 1. The number of rotatable bonds is 5. The summed E-state index contributed by atoms with van der Waals surface area (Å²) < 4.78 is 5.40. The molecule has 4 rings (SSSR count). The van der Waals surface area contributed by atoms with Crippen LogP contribution in [0.25, 0.3) is 0 Å². The van der Waals surface area contributed by atoms with Crippen molar-refractivity contribution in [1.29, 1.82) is 0 Å². The van der Waals surface area contributed by atoms with Gasteiger partial charge in [-0.05, 0) is 49.4 Å². The van der Waals surface area contributed by atoms with E-state index in [2.05, 4.69) is 39.8 Å². The van der Waals surface area contributed by atoms with Gasteiger partial charge in [-0.1, -0.05) is 25.0 Å². The number of hydrogen-bond donors (Lipinski definition) is 2. The van der Waals surface area contributed by atoms with Gasteiger partial charge >= 0.3 is 0 Å². The molecule has 1 amide bonds. The fraction of sp³-hybridized carbons (Fsp3) is 0.667. The number of fused-ring (bicyclic) bond motifs is 1. The van der Waals surface area contributed by atoms with Crippen molar-refractivity contribution in [3.8, 4) is 0 Å². The third kappa shape index (κ3) is 3.80. The van der Waals surface area contributed by atoms with Gasteiger partial charge in [-0.15, -0.1) is 0 Å². The first-order valence-corrected chi connectivity index (χ1v) is 10.2. The maximum Gasteiger partial charge on any atom is 0.232 e. The molecule has 2 saturated heterocycles. The van der Waals surface area contributed by atoms with Crippen LogP contribution in [0.3, 0.4) is 0 Å². The highest BCUT2D eigenvalue weighted by Crippen LogP contribution is 2.44. The summed E-state index contributed by atoms with van der Waals surface area (Å²) in [6.45, 7) is 6.67. The topological polar surface area (TPSA) is 53.6 Å². The van der Waals surface area contributed by atoms with Crippen molar-refractivity contribution in [2.75, 3.05) is 51.3 Å². The molecule has 0 unspecified atom stereocenters. The fourth-order valence-corrected chi connectivity index (χ4v) is 4.81. The van der Waals surface area contributed by atoms with Crippen molar-refractivity contribution in [1.82, 2.24) is 10.2 Å². The zero-order chi connectivity index (χ0) is 17.8. The van der Waals surface area contributed by atoms with Crippen molar-refractivity contribution in [2.45, 2.75) is 32.1 Å². The van der Waals surface area contributed by atoms with Crippen LogP contribution in [0.4, 0.5) is 5.69 Å². The molecular formula is C21H31N3O2. The Labute approximate surface area is 156 Å². The Morgan fingerprint density at radius 3 is 2.85 bits per heavy atom. The highest BCUT2D eigenvalue weighted by molar-refractivity contribution is 5.96. The van der Waals surface area contributed by atoms with Gasteiger partial charge in [-0.2, -0.15) is 0 Å². The van der Waals surface area contributed by atoms with Crippen LogP contribution in [0.15, 0.2) is 24.3 Å². The van der Waals surface area contributed by atoms with Gasteiger partial charge in [0.25, 0.3) is 0 Å². The second-order valence-electron chi connectivity index (χ2n) is 8.08. The van der Waals surface area contributed by atoms with Gasteiger partial charge in [-0.3, -0.25) is 9.69 Å². The van der Waals surface area contributed by atoms with Gasteiger partial charge in [0.15, 0.2) is 0 Å². The predicted octanol–water partition coefficient (Wildman–Crippen LogP) is 2.28. The number of nitrogens with zero attached hydrogens (tertiary/aromatic N) is 1. The SMILES string of the molecule is O=C(Nc1ccc(CCN2CCOCC2)cc1)[C@@]12CCCC[C@H]1CNC2. The van der Waals surface area contributed by atoms with Crippen LogP contribution < -0.4 is 10.6 Å². The van der Waals surface area contributed by atoms with Gasteiger partial charge in [-0.25, -0.2) is 0 Å². The first kappa shape index (κ1) is 18.0. The molecule has 2 N–H and O–H groups in total. The Bertz CT molecular complexity index is 612. The number of carbonyl (C=O) groups is 1. The molecule has 0 radical (unpaired) electrons. The lowest BCUT2D eigenvalue weighted by atomic mass is 9.67. The third-order valence-electron chi connectivity index (χ3n) is 6.52. The average molecular weight is 357 g/mol. The van der Waals surface area contributed by atoms with E-state index in [0.29, 0.717) is 5.92 Å². The summed E-state index contributed by atoms with van der Waals surface area (Å²) in [6, 6.07) is 8.42. The molecule has 0 spiro atoms. The lowest BCUT2D eigenvalue weighted by Gasteiger charge is -2.37. The van der Waals surface area contributed by atoms with Crippen molar-refractivity contribution in [2.24, 2.45) is 11.3 Å². The highest BCUT2D eigenvalue weighted by Gasteiger charge is 2.49. The summed E-state index contributed by atoms with van der Waals surface area (Å²) in [5.41, 5.74) is 2.06. The molecule has 5 nitrogen and oxygen atoms in total. The van der Waals surface area contributed by atoms with Crippen molar-refractivity contribution < 1.29 is 9.53 Å². The van der Waals surface area contributed by atoms with E-state index in [4.69, 9.17) is 4.74 Å². The summed E-state index contributed by atoms with van der Waals surface area (Å²) in [4.78, 5) is 15.5. The van der Waals surface area contributed by atoms with E-state index < -0.39 is 0 Å². The van der Waals surface area contributed by atoms with Crippen LogP contribution in [-0.4, -0.2) is 56.7 Å². The second kappa shape index (κ2) is 8.07. The van der Waals surface area contributed by atoms with Crippen LogP contribution in [-0.2, 0) is 16.0 Å². The Morgan fingerprint density at radius 2 is 2.04 bits per heavy atom. The molecule has 2 aliphatic heterocycles. The summed E-state index contributed by atoms with van der Waals surface area (Å²) >= 11 is 0. The fourth-order valence-electron chi connectivity index (χ4n) is 4.81. The molecule has 1 saturated carbocycles.